The molecule has 0 amide bonds. The van der Waals surface area contributed by atoms with E-state index in [2.05, 4.69) is 4.72 Å². The van der Waals surface area contributed by atoms with Crippen LogP contribution in [0.2, 0.25) is 0 Å². The van der Waals surface area contributed by atoms with Gasteiger partial charge in [-0.25, -0.2) is 13.1 Å². The molecule has 1 aromatic carbocycles. The van der Waals surface area contributed by atoms with Crippen LogP contribution in [0.3, 0.4) is 0 Å². The van der Waals surface area contributed by atoms with E-state index in [0.717, 1.165) is 6.07 Å². The first kappa shape index (κ1) is 17.5. The van der Waals surface area contributed by atoms with Gasteiger partial charge in [-0.2, -0.15) is 0 Å². The molecule has 1 unspecified atom stereocenters. The minimum Gasteiger partial charge on any atom is -0.391 e. The molecular formula is C12H18N2O6S. The predicted octanol–water partition coefficient (Wildman–Crippen LogP) is 0.579. The summed E-state index contributed by atoms with van der Waals surface area (Å²) in [6, 6.07) is 4.05. The molecule has 1 atom stereocenters. The average molecular weight is 318 g/mol. The topological polar surface area (TPSA) is 119 Å². The summed E-state index contributed by atoms with van der Waals surface area (Å²) >= 11 is 0. The summed E-state index contributed by atoms with van der Waals surface area (Å²) in [5, 5.41) is 20.4. The minimum atomic E-state index is -4.02. The van der Waals surface area contributed by atoms with Gasteiger partial charge < -0.3 is 9.84 Å². The average Bonchev–Trinajstić information content (AvgIpc) is 2.38. The largest absolute Gasteiger partial charge is 0.391 e. The van der Waals surface area contributed by atoms with Gasteiger partial charge in [-0.1, -0.05) is 12.1 Å². The van der Waals surface area contributed by atoms with Gasteiger partial charge in [0.2, 0.25) is 10.0 Å². The molecule has 0 bridgehead atoms. The number of ether oxygens (including phenoxy) is 1. The van der Waals surface area contributed by atoms with Gasteiger partial charge in [-0.15, -0.1) is 0 Å². The van der Waals surface area contributed by atoms with Gasteiger partial charge in [-0.05, 0) is 18.9 Å². The molecule has 0 saturated heterocycles. The van der Waals surface area contributed by atoms with E-state index in [1.165, 1.54) is 26.2 Å². The van der Waals surface area contributed by atoms with E-state index in [4.69, 9.17) is 4.74 Å². The first-order valence-corrected chi connectivity index (χ1v) is 7.68. The number of methoxy groups -OCH3 is 1. The van der Waals surface area contributed by atoms with Gasteiger partial charge in [-0.3, -0.25) is 10.1 Å². The summed E-state index contributed by atoms with van der Waals surface area (Å²) in [6.07, 6.45) is -0.656. The summed E-state index contributed by atoms with van der Waals surface area (Å²) in [5.41, 5.74) is -0.186. The molecule has 0 aliphatic carbocycles. The second kappa shape index (κ2) is 7.46. The Morgan fingerprint density at radius 2 is 2.14 bits per heavy atom. The number of nitro groups is 1. The van der Waals surface area contributed by atoms with E-state index < -0.39 is 26.7 Å². The quantitative estimate of drug-likeness (QED) is 0.534. The maximum absolute atomic E-state index is 12.2. The lowest BCUT2D eigenvalue weighted by Crippen LogP contribution is -2.29. The second-order valence-corrected chi connectivity index (χ2v) is 6.18. The van der Waals surface area contributed by atoms with Crippen LogP contribution in [0.4, 0.5) is 5.69 Å². The van der Waals surface area contributed by atoms with Gasteiger partial charge in [0.25, 0.3) is 5.69 Å². The number of nitrogens with one attached hydrogen (secondary N) is 1. The van der Waals surface area contributed by atoms with E-state index in [0.29, 0.717) is 0 Å². The summed E-state index contributed by atoms with van der Waals surface area (Å²) < 4.78 is 31.4. The Labute approximate surface area is 122 Å². The fourth-order valence-electron chi connectivity index (χ4n) is 1.84. The highest BCUT2D eigenvalue weighted by Crippen LogP contribution is 2.26. The Morgan fingerprint density at radius 3 is 2.71 bits per heavy atom. The highest BCUT2D eigenvalue weighted by molar-refractivity contribution is 7.89. The van der Waals surface area contributed by atoms with Gasteiger partial charge in [0.15, 0.2) is 4.90 Å². The van der Waals surface area contributed by atoms with Gasteiger partial charge in [0, 0.05) is 19.7 Å². The number of rotatable bonds is 8. The molecule has 0 aromatic heterocycles. The molecule has 0 radical (unpaired) electrons. The zero-order valence-electron chi connectivity index (χ0n) is 11.8. The Morgan fingerprint density at radius 1 is 1.48 bits per heavy atom. The van der Waals surface area contributed by atoms with E-state index in [1.54, 1.807) is 0 Å². The normalized spacial score (nSPS) is 13.1. The summed E-state index contributed by atoms with van der Waals surface area (Å²) in [6.45, 7) is 1.53. The third-order valence-electron chi connectivity index (χ3n) is 2.79. The molecule has 8 nitrogen and oxygen atoms in total. The third kappa shape index (κ3) is 4.74. The first-order chi connectivity index (χ1) is 9.79. The lowest BCUT2D eigenvalue weighted by atomic mass is 10.2. The molecular weight excluding hydrogens is 300 g/mol. The van der Waals surface area contributed by atoms with E-state index in [-0.39, 0.29) is 30.0 Å². The highest BCUT2D eigenvalue weighted by Gasteiger charge is 2.27. The Bertz CT molecular complexity index is 602. The van der Waals surface area contributed by atoms with Crippen molar-refractivity contribution in [1.82, 2.24) is 4.72 Å². The lowest BCUT2D eigenvalue weighted by Gasteiger charge is -2.12. The van der Waals surface area contributed by atoms with Crippen molar-refractivity contribution in [1.29, 1.82) is 0 Å². The van der Waals surface area contributed by atoms with Crippen LogP contribution in [0.5, 0.6) is 0 Å². The predicted molar refractivity (Wildman–Crippen MR) is 75.5 cm³/mol. The molecule has 0 fully saturated rings. The molecule has 118 valence electrons. The number of benzene rings is 1. The molecule has 9 heteroatoms. The fourth-order valence-corrected chi connectivity index (χ4v) is 3.28. The number of nitro benzene ring substituents is 1. The molecule has 0 aliphatic rings. The van der Waals surface area contributed by atoms with Crippen molar-refractivity contribution in [3.63, 3.8) is 0 Å². The monoisotopic (exact) mass is 318 g/mol. The minimum absolute atomic E-state index is 0.0433. The molecule has 0 aliphatic heterocycles. The summed E-state index contributed by atoms with van der Waals surface area (Å²) in [4.78, 5) is 9.86. The smallest absolute Gasteiger partial charge is 0.289 e. The molecule has 1 aromatic rings. The number of nitrogens with zero attached hydrogens (tertiary/aromatic N) is 1. The molecule has 0 heterocycles. The Balaban J connectivity index is 2.91. The van der Waals surface area contributed by atoms with Crippen LogP contribution in [0, 0.1) is 17.0 Å². The van der Waals surface area contributed by atoms with Crippen LogP contribution in [0.25, 0.3) is 0 Å². The standard InChI is InChI=1S/C12H18N2O6S/c1-9-4-3-5-11(14(16)17)12(9)21(18,19)13-7-6-10(15)8-20-2/h3-5,10,13,15H,6-8H2,1-2H3. The lowest BCUT2D eigenvalue weighted by molar-refractivity contribution is -0.387. The Hall–Kier alpha value is -1.55. The number of hydrogen-bond acceptors (Lipinski definition) is 6. The summed E-state index contributed by atoms with van der Waals surface area (Å²) in [5.74, 6) is 0. The maximum Gasteiger partial charge on any atom is 0.289 e. The van der Waals surface area contributed by atoms with Crippen molar-refractivity contribution in [3.8, 4) is 0 Å². The third-order valence-corrected chi connectivity index (χ3v) is 4.44. The summed E-state index contributed by atoms with van der Waals surface area (Å²) in [7, 11) is -2.60. The van der Waals surface area contributed by atoms with Crippen LogP contribution >= 0.6 is 0 Å². The molecule has 0 spiro atoms. The molecule has 21 heavy (non-hydrogen) atoms. The van der Waals surface area contributed by atoms with Crippen LogP contribution in [0.1, 0.15) is 12.0 Å². The van der Waals surface area contributed by atoms with Crippen molar-refractivity contribution in [2.75, 3.05) is 20.3 Å². The van der Waals surface area contributed by atoms with Crippen LogP contribution < -0.4 is 4.72 Å². The molecule has 2 N–H and O–H groups in total. The van der Waals surface area contributed by atoms with Crippen molar-refractivity contribution in [3.05, 3.63) is 33.9 Å². The van der Waals surface area contributed by atoms with Crippen LogP contribution in [-0.2, 0) is 14.8 Å². The van der Waals surface area contributed by atoms with Crippen molar-refractivity contribution >= 4 is 15.7 Å². The van der Waals surface area contributed by atoms with E-state index >= 15 is 0 Å². The Kier molecular flexibility index (Phi) is 6.21. The fraction of sp³-hybridized carbons (Fsp3) is 0.500. The van der Waals surface area contributed by atoms with Crippen molar-refractivity contribution < 1.29 is 23.2 Å². The van der Waals surface area contributed by atoms with Crippen molar-refractivity contribution in [2.45, 2.75) is 24.3 Å². The maximum atomic E-state index is 12.2. The molecule has 1 rings (SSSR count). The van der Waals surface area contributed by atoms with Gasteiger partial charge >= 0.3 is 0 Å². The van der Waals surface area contributed by atoms with Gasteiger partial charge in [0.05, 0.1) is 17.6 Å². The van der Waals surface area contributed by atoms with Crippen LogP contribution in [-0.4, -0.2) is 44.8 Å². The zero-order chi connectivity index (χ0) is 16.0. The van der Waals surface area contributed by atoms with Crippen LogP contribution in [0.15, 0.2) is 23.1 Å². The number of aliphatic hydroxyl groups excluding tert-OH is 1. The number of sulfonamides is 1. The second-order valence-electron chi connectivity index (χ2n) is 4.48. The van der Waals surface area contributed by atoms with E-state index in [9.17, 15) is 23.6 Å². The molecule has 0 saturated carbocycles. The number of hydrogen-bond donors (Lipinski definition) is 2. The zero-order valence-corrected chi connectivity index (χ0v) is 12.6. The van der Waals surface area contributed by atoms with Crippen molar-refractivity contribution in [2.24, 2.45) is 0 Å². The van der Waals surface area contributed by atoms with E-state index in [1.807, 2.05) is 0 Å². The SMILES string of the molecule is COCC(O)CCNS(=O)(=O)c1c(C)cccc1[N+](=O)[O-]. The first-order valence-electron chi connectivity index (χ1n) is 6.20. The number of aliphatic hydroxyl groups is 1. The highest BCUT2D eigenvalue weighted by atomic mass is 32.2. The van der Waals surface area contributed by atoms with Gasteiger partial charge in [0.1, 0.15) is 0 Å². The number of aryl methyl sites for hydroxylation is 1.